The zero-order valence-corrected chi connectivity index (χ0v) is 11.6. The van der Waals surface area contributed by atoms with Crippen LogP contribution in [-0.2, 0) is 13.5 Å². The molecule has 1 atom stereocenters. The van der Waals surface area contributed by atoms with E-state index in [2.05, 4.69) is 29.0 Å². The summed E-state index contributed by atoms with van der Waals surface area (Å²) in [6.07, 6.45) is 6.37. The number of piperidine rings is 1. The van der Waals surface area contributed by atoms with Crippen LogP contribution in [0.3, 0.4) is 0 Å². The Morgan fingerprint density at radius 3 is 2.94 bits per heavy atom. The lowest BCUT2D eigenvalue weighted by Gasteiger charge is -2.29. The van der Waals surface area contributed by atoms with Crippen LogP contribution in [-0.4, -0.2) is 41.4 Å². The van der Waals surface area contributed by atoms with Crippen molar-refractivity contribution >= 4 is 5.82 Å². The summed E-state index contributed by atoms with van der Waals surface area (Å²) in [5.74, 6) is 1.91. The summed E-state index contributed by atoms with van der Waals surface area (Å²) < 4.78 is 2.06. The topological polar surface area (TPSA) is 33.1 Å². The van der Waals surface area contributed by atoms with Gasteiger partial charge in [-0.1, -0.05) is 0 Å². The molecule has 4 heteroatoms. The van der Waals surface area contributed by atoms with E-state index in [1.54, 1.807) is 0 Å². The van der Waals surface area contributed by atoms with E-state index < -0.39 is 0 Å². The van der Waals surface area contributed by atoms with Crippen molar-refractivity contribution in [2.75, 3.05) is 32.0 Å². The second-order valence-corrected chi connectivity index (χ2v) is 5.82. The number of nitrogens with one attached hydrogen (secondary N) is 1. The van der Waals surface area contributed by atoms with Crippen LogP contribution in [0.2, 0.25) is 0 Å². The average molecular weight is 248 g/mol. The molecule has 2 aliphatic rings. The van der Waals surface area contributed by atoms with E-state index in [1.165, 1.54) is 62.3 Å². The molecule has 2 aliphatic heterocycles. The van der Waals surface area contributed by atoms with Crippen molar-refractivity contribution in [1.29, 1.82) is 0 Å². The Labute approximate surface area is 109 Å². The SMILES string of the molecule is CN1CCCC(c2nn(C)c3c2CCCCN3)C1. The molecule has 0 bridgehead atoms. The number of hydrogen-bond donors (Lipinski definition) is 1. The van der Waals surface area contributed by atoms with Crippen molar-refractivity contribution < 1.29 is 0 Å². The molecule has 100 valence electrons. The lowest BCUT2D eigenvalue weighted by Crippen LogP contribution is -2.31. The fourth-order valence-electron chi connectivity index (χ4n) is 3.41. The Kier molecular flexibility index (Phi) is 3.29. The van der Waals surface area contributed by atoms with E-state index in [0.717, 1.165) is 6.54 Å². The summed E-state index contributed by atoms with van der Waals surface area (Å²) in [6, 6.07) is 0. The van der Waals surface area contributed by atoms with E-state index in [0.29, 0.717) is 5.92 Å². The van der Waals surface area contributed by atoms with E-state index in [-0.39, 0.29) is 0 Å². The van der Waals surface area contributed by atoms with Crippen molar-refractivity contribution in [3.63, 3.8) is 0 Å². The highest BCUT2D eigenvalue weighted by Crippen LogP contribution is 2.33. The molecule has 0 spiro atoms. The number of aromatic nitrogens is 2. The monoisotopic (exact) mass is 248 g/mol. The van der Waals surface area contributed by atoms with Gasteiger partial charge in [0.15, 0.2) is 0 Å². The molecule has 1 fully saturated rings. The van der Waals surface area contributed by atoms with Gasteiger partial charge in [-0.15, -0.1) is 0 Å². The predicted molar refractivity (Wildman–Crippen MR) is 74.1 cm³/mol. The largest absolute Gasteiger partial charge is 0.370 e. The molecule has 0 aliphatic carbocycles. The van der Waals surface area contributed by atoms with Gasteiger partial charge in [-0.05, 0) is 45.7 Å². The van der Waals surface area contributed by atoms with Crippen LogP contribution in [0.4, 0.5) is 5.82 Å². The third kappa shape index (κ3) is 2.14. The highest BCUT2D eigenvalue weighted by atomic mass is 15.3. The number of hydrogen-bond acceptors (Lipinski definition) is 3. The zero-order chi connectivity index (χ0) is 12.5. The Hall–Kier alpha value is -1.03. The molecule has 1 saturated heterocycles. The molecule has 4 nitrogen and oxygen atoms in total. The van der Waals surface area contributed by atoms with E-state index in [1.807, 2.05) is 0 Å². The van der Waals surface area contributed by atoms with Crippen LogP contribution < -0.4 is 5.32 Å². The second-order valence-electron chi connectivity index (χ2n) is 5.82. The average Bonchev–Trinajstić information content (AvgIpc) is 2.55. The lowest BCUT2D eigenvalue weighted by molar-refractivity contribution is 0.247. The number of likely N-dealkylation sites (tertiary alicyclic amines) is 1. The number of aryl methyl sites for hydroxylation is 1. The first kappa shape index (κ1) is 12.0. The smallest absolute Gasteiger partial charge is 0.127 e. The zero-order valence-electron chi connectivity index (χ0n) is 11.6. The van der Waals surface area contributed by atoms with Crippen molar-refractivity contribution in [2.24, 2.45) is 7.05 Å². The number of anilines is 1. The molecule has 3 rings (SSSR count). The van der Waals surface area contributed by atoms with Gasteiger partial charge in [0.1, 0.15) is 5.82 Å². The van der Waals surface area contributed by atoms with Crippen LogP contribution in [0, 0.1) is 0 Å². The van der Waals surface area contributed by atoms with Crippen LogP contribution in [0.15, 0.2) is 0 Å². The molecular weight excluding hydrogens is 224 g/mol. The summed E-state index contributed by atoms with van der Waals surface area (Å²) in [5.41, 5.74) is 2.86. The van der Waals surface area contributed by atoms with E-state index in [9.17, 15) is 0 Å². The molecule has 0 amide bonds. The third-order valence-corrected chi connectivity index (χ3v) is 4.33. The highest BCUT2D eigenvalue weighted by Gasteiger charge is 2.27. The van der Waals surface area contributed by atoms with Crippen molar-refractivity contribution in [3.8, 4) is 0 Å². The second kappa shape index (κ2) is 4.92. The highest BCUT2D eigenvalue weighted by molar-refractivity contribution is 5.50. The van der Waals surface area contributed by atoms with Crippen LogP contribution in [0.25, 0.3) is 0 Å². The molecular formula is C14H24N4. The molecule has 1 aromatic heterocycles. The maximum atomic E-state index is 4.82. The Morgan fingerprint density at radius 1 is 1.22 bits per heavy atom. The van der Waals surface area contributed by atoms with Crippen LogP contribution >= 0.6 is 0 Å². The summed E-state index contributed by atoms with van der Waals surface area (Å²) in [6.45, 7) is 3.50. The van der Waals surface area contributed by atoms with Gasteiger partial charge in [-0.2, -0.15) is 5.10 Å². The fourth-order valence-corrected chi connectivity index (χ4v) is 3.41. The Balaban J connectivity index is 1.91. The molecule has 18 heavy (non-hydrogen) atoms. The standard InChI is InChI=1S/C14H24N4/c1-17-9-5-6-11(10-17)13-12-7-3-4-8-15-14(12)18(2)16-13/h11,15H,3-10H2,1-2H3. The Morgan fingerprint density at radius 2 is 2.11 bits per heavy atom. The molecule has 3 heterocycles. The van der Waals surface area contributed by atoms with Gasteiger partial charge >= 0.3 is 0 Å². The molecule has 1 unspecified atom stereocenters. The maximum Gasteiger partial charge on any atom is 0.127 e. The number of likely N-dealkylation sites (N-methyl/N-ethyl adjacent to an activating group) is 1. The first-order chi connectivity index (χ1) is 8.75. The molecule has 1 N–H and O–H groups in total. The molecule has 0 saturated carbocycles. The first-order valence-corrected chi connectivity index (χ1v) is 7.24. The van der Waals surface area contributed by atoms with Gasteiger partial charge in [-0.25, -0.2) is 0 Å². The molecule has 0 aromatic carbocycles. The van der Waals surface area contributed by atoms with Gasteiger partial charge in [0.2, 0.25) is 0 Å². The van der Waals surface area contributed by atoms with Crippen molar-refractivity contribution in [3.05, 3.63) is 11.3 Å². The minimum absolute atomic E-state index is 0.638. The maximum absolute atomic E-state index is 4.82. The van der Waals surface area contributed by atoms with Gasteiger partial charge < -0.3 is 10.2 Å². The first-order valence-electron chi connectivity index (χ1n) is 7.24. The van der Waals surface area contributed by atoms with E-state index >= 15 is 0 Å². The van der Waals surface area contributed by atoms with Crippen LogP contribution in [0.5, 0.6) is 0 Å². The van der Waals surface area contributed by atoms with Crippen molar-refractivity contribution in [2.45, 2.75) is 38.0 Å². The summed E-state index contributed by atoms with van der Waals surface area (Å²) >= 11 is 0. The number of fused-ring (bicyclic) bond motifs is 1. The normalized spacial score (nSPS) is 25.3. The minimum Gasteiger partial charge on any atom is -0.370 e. The lowest BCUT2D eigenvalue weighted by atomic mass is 9.91. The third-order valence-electron chi connectivity index (χ3n) is 4.33. The summed E-state index contributed by atoms with van der Waals surface area (Å²) in [5, 5.41) is 8.37. The predicted octanol–water partition coefficient (Wildman–Crippen LogP) is 1.98. The van der Waals surface area contributed by atoms with Gasteiger partial charge in [-0.3, -0.25) is 4.68 Å². The van der Waals surface area contributed by atoms with Gasteiger partial charge in [0, 0.05) is 31.6 Å². The van der Waals surface area contributed by atoms with E-state index in [4.69, 9.17) is 5.10 Å². The Bertz CT molecular complexity index is 424. The van der Waals surface area contributed by atoms with Gasteiger partial charge in [0.25, 0.3) is 0 Å². The molecule has 1 aromatic rings. The molecule has 0 radical (unpaired) electrons. The minimum atomic E-state index is 0.638. The summed E-state index contributed by atoms with van der Waals surface area (Å²) in [4.78, 5) is 2.44. The summed E-state index contributed by atoms with van der Waals surface area (Å²) in [7, 11) is 4.30. The van der Waals surface area contributed by atoms with Gasteiger partial charge in [0.05, 0.1) is 5.69 Å². The number of rotatable bonds is 1. The van der Waals surface area contributed by atoms with Crippen molar-refractivity contribution in [1.82, 2.24) is 14.7 Å². The van der Waals surface area contributed by atoms with Crippen LogP contribution in [0.1, 0.15) is 42.9 Å². The number of nitrogens with zero attached hydrogens (tertiary/aromatic N) is 3. The quantitative estimate of drug-likeness (QED) is 0.825. The fraction of sp³-hybridized carbons (Fsp3) is 0.786.